The number of hydrogen-bond acceptors (Lipinski definition) is 2. The Bertz CT molecular complexity index is 314. The van der Waals surface area contributed by atoms with Crippen LogP contribution in [0.2, 0.25) is 5.02 Å². The topological polar surface area (TPSA) is 24.9 Å². The Morgan fingerprint density at radius 1 is 1.50 bits per heavy atom. The van der Waals surface area contributed by atoms with Gasteiger partial charge in [0, 0.05) is 12.2 Å². The lowest BCUT2D eigenvalue weighted by Gasteiger charge is -2.14. The van der Waals surface area contributed by atoms with Crippen molar-refractivity contribution in [1.29, 1.82) is 0 Å². The lowest BCUT2D eigenvalue weighted by molar-refractivity contribution is 0.602. The summed E-state index contributed by atoms with van der Waals surface area (Å²) in [6.45, 7) is 2.30. The first-order valence-electron chi connectivity index (χ1n) is 5.12. The molecule has 0 spiro atoms. The number of rotatable bonds is 2. The van der Waals surface area contributed by atoms with Crippen LogP contribution in [0, 0.1) is 5.92 Å². The van der Waals surface area contributed by atoms with E-state index >= 15 is 0 Å². The summed E-state index contributed by atoms with van der Waals surface area (Å²) in [5.74, 6) is 0.836. The van der Waals surface area contributed by atoms with Crippen LogP contribution in [0.3, 0.4) is 0 Å². The fraction of sp³-hybridized carbons (Fsp3) is 0.545. The third-order valence-corrected chi connectivity index (χ3v) is 3.15. The first-order valence-corrected chi connectivity index (χ1v) is 5.49. The summed E-state index contributed by atoms with van der Waals surface area (Å²) in [5.41, 5.74) is 0.966. The van der Waals surface area contributed by atoms with Crippen LogP contribution < -0.4 is 5.32 Å². The molecule has 1 aliphatic carbocycles. The van der Waals surface area contributed by atoms with E-state index in [9.17, 15) is 0 Å². The predicted molar refractivity (Wildman–Crippen MR) is 59.7 cm³/mol. The molecule has 2 rings (SSSR count). The standard InChI is InChI=1S/C11H15ClN2/c1-8-2-3-9(6-8)14-11-7-13-5-4-10(11)12/h4-5,7-9,14H,2-3,6H2,1H3. The van der Waals surface area contributed by atoms with E-state index in [-0.39, 0.29) is 0 Å². The van der Waals surface area contributed by atoms with Gasteiger partial charge in [0.1, 0.15) is 0 Å². The molecule has 0 saturated heterocycles. The van der Waals surface area contributed by atoms with E-state index in [0.29, 0.717) is 6.04 Å². The molecule has 0 amide bonds. The van der Waals surface area contributed by atoms with Gasteiger partial charge < -0.3 is 5.32 Å². The zero-order valence-electron chi connectivity index (χ0n) is 8.33. The summed E-state index contributed by atoms with van der Waals surface area (Å²) in [6, 6.07) is 2.40. The molecule has 76 valence electrons. The maximum absolute atomic E-state index is 6.04. The van der Waals surface area contributed by atoms with Gasteiger partial charge in [-0.25, -0.2) is 0 Å². The molecule has 1 aromatic heterocycles. The van der Waals surface area contributed by atoms with Crippen LogP contribution in [0.4, 0.5) is 5.69 Å². The fourth-order valence-electron chi connectivity index (χ4n) is 2.04. The monoisotopic (exact) mass is 210 g/mol. The van der Waals surface area contributed by atoms with Crippen molar-refractivity contribution in [2.45, 2.75) is 32.2 Å². The Balaban J connectivity index is 2.01. The van der Waals surface area contributed by atoms with Gasteiger partial charge in [0.15, 0.2) is 0 Å². The van der Waals surface area contributed by atoms with Gasteiger partial charge >= 0.3 is 0 Å². The summed E-state index contributed by atoms with van der Waals surface area (Å²) < 4.78 is 0. The van der Waals surface area contributed by atoms with Crippen molar-refractivity contribution in [2.24, 2.45) is 5.92 Å². The molecule has 1 N–H and O–H groups in total. The number of hydrogen-bond donors (Lipinski definition) is 1. The van der Waals surface area contributed by atoms with E-state index in [4.69, 9.17) is 11.6 Å². The molecule has 0 radical (unpaired) electrons. The molecular weight excluding hydrogens is 196 g/mol. The summed E-state index contributed by atoms with van der Waals surface area (Å²) in [4.78, 5) is 4.06. The number of nitrogens with one attached hydrogen (secondary N) is 1. The molecule has 2 nitrogen and oxygen atoms in total. The number of nitrogens with zero attached hydrogens (tertiary/aromatic N) is 1. The van der Waals surface area contributed by atoms with E-state index < -0.39 is 0 Å². The highest BCUT2D eigenvalue weighted by molar-refractivity contribution is 6.33. The lowest BCUT2D eigenvalue weighted by Crippen LogP contribution is -2.15. The van der Waals surface area contributed by atoms with Crippen molar-refractivity contribution >= 4 is 17.3 Å². The first-order chi connectivity index (χ1) is 6.75. The Kier molecular flexibility index (Phi) is 2.92. The molecule has 3 heteroatoms. The number of anilines is 1. The SMILES string of the molecule is CC1CCC(Nc2cnccc2Cl)C1. The second-order valence-electron chi connectivity index (χ2n) is 4.12. The van der Waals surface area contributed by atoms with Gasteiger partial charge in [-0.15, -0.1) is 0 Å². The Hall–Kier alpha value is -0.760. The van der Waals surface area contributed by atoms with Crippen molar-refractivity contribution in [3.63, 3.8) is 0 Å². The second kappa shape index (κ2) is 4.18. The van der Waals surface area contributed by atoms with Crippen LogP contribution in [-0.2, 0) is 0 Å². The summed E-state index contributed by atoms with van der Waals surface area (Å²) in [6.07, 6.45) is 7.31. The van der Waals surface area contributed by atoms with Gasteiger partial charge in [0.05, 0.1) is 16.9 Å². The fourth-order valence-corrected chi connectivity index (χ4v) is 2.20. The zero-order chi connectivity index (χ0) is 9.97. The predicted octanol–water partition coefficient (Wildman–Crippen LogP) is 3.34. The van der Waals surface area contributed by atoms with Crippen LogP contribution in [0.1, 0.15) is 26.2 Å². The zero-order valence-corrected chi connectivity index (χ0v) is 9.09. The molecule has 0 bridgehead atoms. The van der Waals surface area contributed by atoms with Crippen molar-refractivity contribution in [1.82, 2.24) is 4.98 Å². The Morgan fingerprint density at radius 2 is 2.36 bits per heavy atom. The molecule has 1 saturated carbocycles. The third kappa shape index (κ3) is 2.18. The Labute approximate surface area is 89.7 Å². The van der Waals surface area contributed by atoms with E-state index in [1.165, 1.54) is 19.3 Å². The van der Waals surface area contributed by atoms with Gasteiger partial charge in [0.25, 0.3) is 0 Å². The average molecular weight is 211 g/mol. The highest BCUT2D eigenvalue weighted by atomic mass is 35.5. The molecule has 2 atom stereocenters. The minimum atomic E-state index is 0.576. The van der Waals surface area contributed by atoms with Crippen LogP contribution >= 0.6 is 11.6 Å². The van der Waals surface area contributed by atoms with Crippen molar-refractivity contribution in [2.75, 3.05) is 5.32 Å². The molecule has 0 aromatic carbocycles. The minimum absolute atomic E-state index is 0.576. The Morgan fingerprint density at radius 3 is 3.00 bits per heavy atom. The van der Waals surface area contributed by atoms with E-state index in [2.05, 4.69) is 17.2 Å². The maximum Gasteiger partial charge on any atom is 0.0718 e. The second-order valence-corrected chi connectivity index (χ2v) is 4.52. The largest absolute Gasteiger partial charge is 0.380 e. The number of pyridine rings is 1. The molecule has 1 heterocycles. The summed E-state index contributed by atoms with van der Waals surface area (Å²) in [5, 5.41) is 4.21. The van der Waals surface area contributed by atoms with Crippen LogP contribution in [0.5, 0.6) is 0 Å². The maximum atomic E-state index is 6.04. The van der Waals surface area contributed by atoms with Gasteiger partial charge in [-0.05, 0) is 31.2 Å². The van der Waals surface area contributed by atoms with Gasteiger partial charge in [-0.1, -0.05) is 18.5 Å². The molecule has 1 aliphatic rings. The average Bonchev–Trinajstić information content (AvgIpc) is 2.56. The summed E-state index contributed by atoms with van der Waals surface area (Å²) >= 11 is 6.04. The normalized spacial score (nSPS) is 26.4. The van der Waals surface area contributed by atoms with Crippen molar-refractivity contribution in [3.05, 3.63) is 23.5 Å². The highest BCUT2D eigenvalue weighted by Crippen LogP contribution is 2.29. The van der Waals surface area contributed by atoms with E-state index in [1.807, 2.05) is 6.07 Å². The smallest absolute Gasteiger partial charge is 0.0718 e. The molecule has 0 aliphatic heterocycles. The van der Waals surface area contributed by atoms with Crippen molar-refractivity contribution in [3.8, 4) is 0 Å². The number of halogens is 1. The molecule has 14 heavy (non-hydrogen) atoms. The van der Waals surface area contributed by atoms with Gasteiger partial charge in [-0.2, -0.15) is 0 Å². The molecule has 1 fully saturated rings. The lowest BCUT2D eigenvalue weighted by atomic mass is 10.1. The van der Waals surface area contributed by atoms with E-state index in [1.54, 1.807) is 12.4 Å². The third-order valence-electron chi connectivity index (χ3n) is 2.82. The van der Waals surface area contributed by atoms with Crippen LogP contribution in [0.15, 0.2) is 18.5 Å². The molecule has 1 aromatic rings. The van der Waals surface area contributed by atoms with Gasteiger partial charge in [0.2, 0.25) is 0 Å². The summed E-state index contributed by atoms with van der Waals surface area (Å²) in [7, 11) is 0. The van der Waals surface area contributed by atoms with Crippen LogP contribution in [-0.4, -0.2) is 11.0 Å². The van der Waals surface area contributed by atoms with Crippen molar-refractivity contribution < 1.29 is 0 Å². The first kappa shape index (κ1) is 9.78. The molecule has 2 unspecified atom stereocenters. The van der Waals surface area contributed by atoms with Gasteiger partial charge in [-0.3, -0.25) is 4.98 Å². The van der Waals surface area contributed by atoms with Crippen LogP contribution in [0.25, 0.3) is 0 Å². The quantitative estimate of drug-likeness (QED) is 0.810. The minimum Gasteiger partial charge on any atom is -0.380 e. The number of aromatic nitrogens is 1. The van der Waals surface area contributed by atoms with E-state index in [0.717, 1.165) is 16.6 Å². The highest BCUT2D eigenvalue weighted by Gasteiger charge is 2.21. The molecular formula is C11H15ClN2.